The first-order valence-electron chi connectivity index (χ1n) is 4.63. The molecular formula is C11H14O. The summed E-state index contributed by atoms with van der Waals surface area (Å²) >= 11 is 0. The normalized spacial score (nSPS) is 39.8. The molecule has 64 valence electrons. The second kappa shape index (κ2) is 2.58. The van der Waals surface area contributed by atoms with E-state index in [1.165, 1.54) is 6.42 Å². The Morgan fingerprint density at radius 3 is 3.08 bits per heavy atom. The van der Waals surface area contributed by atoms with Crippen molar-refractivity contribution in [3.63, 3.8) is 0 Å². The predicted octanol–water partition coefficient (Wildman–Crippen LogP) is 2.49. The number of allylic oxidation sites excluding steroid dienone is 4. The van der Waals surface area contributed by atoms with Crippen LogP contribution >= 0.6 is 0 Å². The maximum atomic E-state index is 11.7. The van der Waals surface area contributed by atoms with Crippen molar-refractivity contribution in [1.29, 1.82) is 0 Å². The molecule has 0 unspecified atom stereocenters. The van der Waals surface area contributed by atoms with E-state index in [2.05, 4.69) is 25.2 Å². The van der Waals surface area contributed by atoms with Crippen molar-refractivity contribution in [3.8, 4) is 0 Å². The minimum absolute atomic E-state index is 0.174. The minimum atomic E-state index is -0.174. The highest BCUT2D eigenvalue weighted by atomic mass is 16.1. The molecule has 2 atom stereocenters. The Kier molecular flexibility index (Phi) is 1.67. The molecule has 0 N–H and O–H groups in total. The third-order valence-corrected chi connectivity index (χ3v) is 3.19. The number of carbonyl (C=O) groups is 1. The molecule has 0 amide bonds. The molecule has 0 aliphatic heterocycles. The fourth-order valence-electron chi connectivity index (χ4n) is 2.22. The smallest absolute Gasteiger partial charge is 0.143 e. The fraction of sp³-hybridized carbons (Fsp3) is 0.545. The van der Waals surface area contributed by atoms with Crippen LogP contribution in [0.3, 0.4) is 0 Å². The lowest BCUT2D eigenvalue weighted by Gasteiger charge is -2.37. The molecule has 0 aromatic carbocycles. The molecule has 1 heteroatoms. The molecule has 0 bridgehead atoms. The molecule has 0 spiro atoms. The molecule has 0 aromatic rings. The van der Waals surface area contributed by atoms with Gasteiger partial charge < -0.3 is 0 Å². The van der Waals surface area contributed by atoms with Gasteiger partial charge in [-0.2, -0.15) is 0 Å². The first kappa shape index (κ1) is 7.78. The molecule has 1 saturated carbocycles. The van der Waals surface area contributed by atoms with E-state index in [-0.39, 0.29) is 5.41 Å². The molecule has 0 saturated heterocycles. The maximum absolute atomic E-state index is 11.7. The molecule has 2 rings (SSSR count). The zero-order valence-corrected chi connectivity index (χ0v) is 7.42. The molecular weight excluding hydrogens is 148 g/mol. The van der Waals surface area contributed by atoms with Crippen LogP contribution in [0.25, 0.3) is 0 Å². The van der Waals surface area contributed by atoms with Gasteiger partial charge in [0.25, 0.3) is 0 Å². The van der Waals surface area contributed by atoms with E-state index in [4.69, 9.17) is 0 Å². The zero-order chi connectivity index (χ0) is 8.60. The summed E-state index contributed by atoms with van der Waals surface area (Å²) in [4.78, 5) is 11.7. The van der Waals surface area contributed by atoms with E-state index in [1.54, 1.807) is 0 Å². The topological polar surface area (TPSA) is 17.1 Å². The highest BCUT2D eigenvalue weighted by molar-refractivity contribution is 5.88. The molecule has 2 aliphatic rings. The first-order chi connectivity index (χ1) is 5.73. The van der Waals surface area contributed by atoms with E-state index in [0.29, 0.717) is 11.7 Å². The van der Waals surface area contributed by atoms with Crippen molar-refractivity contribution < 1.29 is 4.79 Å². The van der Waals surface area contributed by atoms with Gasteiger partial charge in [-0.15, -0.1) is 0 Å². The summed E-state index contributed by atoms with van der Waals surface area (Å²) < 4.78 is 0. The van der Waals surface area contributed by atoms with Crippen LogP contribution in [0.2, 0.25) is 0 Å². The average Bonchev–Trinajstić information content (AvgIpc) is 2.07. The summed E-state index contributed by atoms with van der Waals surface area (Å²) in [6, 6.07) is 0. The van der Waals surface area contributed by atoms with E-state index in [0.717, 1.165) is 12.8 Å². The molecule has 12 heavy (non-hydrogen) atoms. The van der Waals surface area contributed by atoms with Gasteiger partial charge in [-0.25, -0.2) is 0 Å². The van der Waals surface area contributed by atoms with E-state index >= 15 is 0 Å². The number of rotatable bonds is 0. The van der Waals surface area contributed by atoms with Crippen molar-refractivity contribution in [1.82, 2.24) is 0 Å². The van der Waals surface area contributed by atoms with Gasteiger partial charge in [-0.1, -0.05) is 24.3 Å². The van der Waals surface area contributed by atoms with Crippen LogP contribution in [-0.4, -0.2) is 5.78 Å². The van der Waals surface area contributed by atoms with Gasteiger partial charge in [0.2, 0.25) is 0 Å². The third kappa shape index (κ3) is 0.961. The van der Waals surface area contributed by atoms with Crippen molar-refractivity contribution in [2.24, 2.45) is 11.3 Å². The van der Waals surface area contributed by atoms with Crippen LogP contribution < -0.4 is 0 Å². The van der Waals surface area contributed by atoms with Crippen molar-refractivity contribution in [2.75, 3.05) is 0 Å². The predicted molar refractivity (Wildman–Crippen MR) is 48.7 cm³/mol. The Morgan fingerprint density at radius 2 is 2.33 bits per heavy atom. The summed E-state index contributed by atoms with van der Waals surface area (Å²) in [5.41, 5.74) is -0.174. The van der Waals surface area contributed by atoms with Gasteiger partial charge in [-0.3, -0.25) is 4.79 Å². The van der Waals surface area contributed by atoms with Crippen LogP contribution in [-0.2, 0) is 4.79 Å². The van der Waals surface area contributed by atoms with E-state index < -0.39 is 0 Å². The van der Waals surface area contributed by atoms with E-state index in [9.17, 15) is 4.79 Å². The first-order valence-corrected chi connectivity index (χ1v) is 4.63. The van der Waals surface area contributed by atoms with Gasteiger partial charge >= 0.3 is 0 Å². The molecule has 0 heterocycles. The fourth-order valence-corrected chi connectivity index (χ4v) is 2.22. The summed E-state index contributed by atoms with van der Waals surface area (Å²) in [7, 11) is 0. The second-order valence-corrected chi connectivity index (χ2v) is 3.95. The van der Waals surface area contributed by atoms with Crippen LogP contribution in [0.1, 0.15) is 26.2 Å². The lowest BCUT2D eigenvalue weighted by atomic mass is 9.65. The van der Waals surface area contributed by atoms with Crippen LogP contribution in [0.4, 0.5) is 0 Å². The summed E-state index contributed by atoms with van der Waals surface area (Å²) in [5, 5.41) is 0. The third-order valence-electron chi connectivity index (χ3n) is 3.19. The van der Waals surface area contributed by atoms with Crippen LogP contribution in [0, 0.1) is 11.3 Å². The molecule has 1 fully saturated rings. The van der Waals surface area contributed by atoms with Crippen molar-refractivity contribution in [2.45, 2.75) is 26.2 Å². The Labute approximate surface area is 73.2 Å². The lowest BCUT2D eigenvalue weighted by Crippen LogP contribution is -2.37. The number of Topliss-reactive ketones (excluding diaryl/α,β-unsaturated/α-hetero) is 1. The Morgan fingerprint density at radius 1 is 1.50 bits per heavy atom. The summed E-state index contributed by atoms with van der Waals surface area (Å²) in [6.45, 7) is 2.07. The molecule has 1 nitrogen and oxygen atoms in total. The van der Waals surface area contributed by atoms with E-state index in [1.807, 2.05) is 6.08 Å². The van der Waals surface area contributed by atoms with Gasteiger partial charge in [-0.05, 0) is 25.7 Å². The average molecular weight is 162 g/mol. The van der Waals surface area contributed by atoms with Crippen LogP contribution in [0.5, 0.6) is 0 Å². The van der Waals surface area contributed by atoms with Gasteiger partial charge in [0, 0.05) is 6.42 Å². The Hall–Kier alpha value is -0.850. The maximum Gasteiger partial charge on any atom is 0.143 e. The summed E-state index contributed by atoms with van der Waals surface area (Å²) in [6.07, 6.45) is 11.3. The number of ketones is 1. The largest absolute Gasteiger partial charge is 0.299 e. The molecule has 2 aliphatic carbocycles. The lowest BCUT2D eigenvalue weighted by molar-refractivity contribution is -0.129. The van der Waals surface area contributed by atoms with Crippen LogP contribution in [0.15, 0.2) is 24.3 Å². The number of carbonyl (C=O) groups excluding carboxylic acids is 1. The van der Waals surface area contributed by atoms with Gasteiger partial charge in [0.15, 0.2) is 0 Å². The Bertz CT molecular complexity index is 262. The quantitative estimate of drug-likeness (QED) is 0.535. The SMILES string of the molecule is C[C@]12C=CC=C[C@@H]1CCCC2=O. The highest BCUT2D eigenvalue weighted by Crippen LogP contribution is 2.41. The monoisotopic (exact) mass is 162 g/mol. The number of hydrogen-bond acceptors (Lipinski definition) is 1. The second-order valence-electron chi connectivity index (χ2n) is 3.95. The zero-order valence-electron chi connectivity index (χ0n) is 7.42. The Balaban J connectivity index is 2.34. The number of fused-ring (bicyclic) bond motifs is 1. The van der Waals surface area contributed by atoms with Crippen molar-refractivity contribution in [3.05, 3.63) is 24.3 Å². The number of hydrogen-bond donors (Lipinski definition) is 0. The van der Waals surface area contributed by atoms with Gasteiger partial charge in [0.05, 0.1) is 5.41 Å². The summed E-state index contributed by atoms with van der Waals surface area (Å²) in [5.74, 6) is 0.878. The van der Waals surface area contributed by atoms with Gasteiger partial charge in [0.1, 0.15) is 5.78 Å². The molecule has 0 radical (unpaired) electrons. The highest BCUT2D eigenvalue weighted by Gasteiger charge is 2.40. The minimum Gasteiger partial charge on any atom is -0.299 e. The van der Waals surface area contributed by atoms with Crippen molar-refractivity contribution >= 4 is 5.78 Å². The molecule has 0 aromatic heterocycles. The standard InChI is InChI=1S/C11H14O/c1-11-8-3-2-5-9(11)6-4-7-10(11)12/h2-3,5,8-9H,4,6-7H2,1H3/t9-,11+/m1/s1.